The van der Waals surface area contributed by atoms with Crippen LogP contribution in [0.25, 0.3) is 0 Å². The van der Waals surface area contributed by atoms with Crippen LogP contribution in [0.4, 0.5) is 5.69 Å². The van der Waals surface area contributed by atoms with Gasteiger partial charge in [-0.25, -0.2) is 0 Å². The Kier molecular flexibility index (Phi) is 6.08. The van der Waals surface area contributed by atoms with Gasteiger partial charge in [0.1, 0.15) is 5.75 Å². The van der Waals surface area contributed by atoms with E-state index in [1.807, 2.05) is 24.3 Å². The summed E-state index contributed by atoms with van der Waals surface area (Å²) in [4.78, 5) is 27.3. The molecule has 2 aromatic carbocycles. The number of hydrogen-bond donors (Lipinski definition) is 1. The van der Waals surface area contributed by atoms with Crippen molar-refractivity contribution in [3.8, 4) is 5.75 Å². The molecule has 5 nitrogen and oxygen atoms in total. The smallest absolute Gasteiger partial charge is 0.253 e. The highest BCUT2D eigenvalue weighted by atomic mass is 79.9. The first kappa shape index (κ1) is 20.4. The first-order valence-corrected chi connectivity index (χ1v) is 10.1. The van der Waals surface area contributed by atoms with E-state index >= 15 is 0 Å². The molecule has 1 saturated carbocycles. The minimum Gasteiger partial charge on any atom is -0.495 e. The van der Waals surface area contributed by atoms with E-state index in [4.69, 9.17) is 4.74 Å². The predicted octanol–water partition coefficient (Wildman–Crippen LogP) is 4.61. The van der Waals surface area contributed by atoms with Gasteiger partial charge in [-0.2, -0.15) is 0 Å². The Labute approximate surface area is 174 Å². The highest BCUT2D eigenvalue weighted by Crippen LogP contribution is 2.43. The molecule has 6 heteroatoms. The molecule has 0 unspecified atom stereocenters. The Balaban J connectivity index is 1.95. The van der Waals surface area contributed by atoms with Gasteiger partial charge in [-0.15, -0.1) is 0 Å². The zero-order valence-electron chi connectivity index (χ0n) is 16.4. The summed E-state index contributed by atoms with van der Waals surface area (Å²) in [6.45, 7) is 0. The molecule has 2 amide bonds. The molecule has 0 radical (unpaired) electrons. The summed E-state index contributed by atoms with van der Waals surface area (Å²) in [6, 6.07) is 13.1. The van der Waals surface area contributed by atoms with Gasteiger partial charge in [0.15, 0.2) is 0 Å². The molecule has 0 atom stereocenters. The number of rotatable bonds is 5. The normalized spacial score (nSPS) is 15.1. The molecule has 1 aliphatic carbocycles. The van der Waals surface area contributed by atoms with E-state index in [1.165, 1.54) is 4.90 Å². The third kappa shape index (κ3) is 3.92. The lowest BCUT2D eigenvalue weighted by molar-refractivity contribution is -0.121. The molecule has 3 rings (SSSR count). The first-order valence-electron chi connectivity index (χ1n) is 9.34. The van der Waals surface area contributed by atoms with Crippen molar-refractivity contribution in [1.82, 2.24) is 4.90 Å². The number of carbonyl (C=O) groups excluding carboxylic acids is 2. The Bertz CT molecular complexity index is 872. The van der Waals surface area contributed by atoms with Crippen LogP contribution in [0.15, 0.2) is 46.9 Å². The topological polar surface area (TPSA) is 58.6 Å². The van der Waals surface area contributed by atoms with Crippen LogP contribution in [0, 0.1) is 0 Å². The third-order valence-electron chi connectivity index (χ3n) is 5.39. The predicted molar refractivity (Wildman–Crippen MR) is 114 cm³/mol. The van der Waals surface area contributed by atoms with Gasteiger partial charge in [-0.05, 0) is 48.7 Å². The molecule has 0 spiro atoms. The van der Waals surface area contributed by atoms with E-state index in [1.54, 1.807) is 39.4 Å². The number of amides is 2. The van der Waals surface area contributed by atoms with Gasteiger partial charge in [0.05, 0.1) is 18.2 Å². The largest absolute Gasteiger partial charge is 0.495 e. The summed E-state index contributed by atoms with van der Waals surface area (Å²) in [5.74, 6) is 0.356. The number of nitrogens with zero attached hydrogens (tertiary/aromatic N) is 1. The van der Waals surface area contributed by atoms with Crippen molar-refractivity contribution >= 4 is 33.4 Å². The molecule has 0 aliphatic heterocycles. The maximum absolute atomic E-state index is 13.4. The third-order valence-corrected chi connectivity index (χ3v) is 5.92. The number of hydrogen-bond acceptors (Lipinski definition) is 3. The molecular weight excluding hydrogens is 420 g/mol. The molecule has 2 aromatic rings. The molecule has 1 fully saturated rings. The Morgan fingerprint density at radius 3 is 2.29 bits per heavy atom. The number of nitrogens with one attached hydrogen (secondary N) is 1. The minimum absolute atomic E-state index is 0.0555. The van der Waals surface area contributed by atoms with E-state index in [0.717, 1.165) is 35.7 Å². The quantitative estimate of drug-likeness (QED) is 0.732. The fourth-order valence-electron chi connectivity index (χ4n) is 3.83. The Morgan fingerprint density at radius 1 is 1.07 bits per heavy atom. The van der Waals surface area contributed by atoms with Gasteiger partial charge in [-0.1, -0.05) is 40.9 Å². The number of benzene rings is 2. The van der Waals surface area contributed by atoms with Crippen molar-refractivity contribution in [2.45, 2.75) is 31.1 Å². The van der Waals surface area contributed by atoms with Gasteiger partial charge in [0.2, 0.25) is 5.91 Å². The fourth-order valence-corrected chi connectivity index (χ4v) is 4.10. The Hall–Kier alpha value is -2.34. The lowest BCUT2D eigenvalue weighted by atomic mass is 9.78. The second-order valence-electron chi connectivity index (χ2n) is 7.36. The number of halogens is 1. The molecule has 148 valence electrons. The summed E-state index contributed by atoms with van der Waals surface area (Å²) in [6.07, 6.45) is 3.64. The van der Waals surface area contributed by atoms with E-state index in [0.29, 0.717) is 17.0 Å². The van der Waals surface area contributed by atoms with E-state index < -0.39 is 5.41 Å². The number of anilines is 1. The summed E-state index contributed by atoms with van der Waals surface area (Å²) in [5, 5.41) is 3.05. The van der Waals surface area contributed by atoms with Crippen LogP contribution < -0.4 is 10.1 Å². The van der Waals surface area contributed by atoms with Crippen molar-refractivity contribution in [3.05, 3.63) is 58.1 Å². The highest BCUT2D eigenvalue weighted by molar-refractivity contribution is 9.10. The standard InChI is InChI=1S/C22H25BrN2O3/c1-25(2)20(26)15-6-11-19(28-3)18(14-15)24-21(27)22(12-4-5-13-22)16-7-9-17(23)10-8-16/h6-11,14H,4-5,12-13H2,1-3H3,(H,24,27). The number of carbonyl (C=O) groups is 2. The lowest BCUT2D eigenvalue weighted by Crippen LogP contribution is -2.38. The van der Waals surface area contributed by atoms with Gasteiger partial charge >= 0.3 is 0 Å². The van der Waals surface area contributed by atoms with Gasteiger partial charge in [0, 0.05) is 24.1 Å². The molecular formula is C22H25BrN2O3. The van der Waals surface area contributed by atoms with E-state index in [2.05, 4.69) is 21.2 Å². The van der Waals surface area contributed by atoms with Gasteiger partial charge < -0.3 is 15.0 Å². The second kappa shape index (κ2) is 8.35. The zero-order chi connectivity index (χ0) is 20.3. The summed E-state index contributed by atoms with van der Waals surface area (Å²) in [5.41, 5.74) is 1.48. The molecule has 28 heavy (non-hydrogen) atoms. The highest BCUT2D eigenvalue weighted by Gasteiger charge is 2.42. The van der Waals surface area contributed by atoms with Crippen LogP contribution in [0.3, 0.4) is 0 Å². The Morgan fingerprint density at radius 2 is 1.71 bits per heavy atom. The van der Waals surface area contributed by atoms with Crippen molar-refractivity contribution in [1.29, 1.82) is 0 Å². The molecule has 0 aromatic heterocycles. The average Bonchev–Trinajstić information content (AvgIpc) is 3.19. The second-order valence-corrected chi connectivity index (χ2v) is 8.28. The van der Waals surface area contributed by atoms with Crippen LogP contribution in [0.5, 0.6) is 5.75 Å². The summed E-state index contributed by atoms with van der Waals surface area (Å²) in [7, 11) is 4.95. The summed E-state index contributed by atoms with van der Waals surface area (Å²) < 4.78 is 6.40. The minimum atomic E-state index is -0.562. The van der Waals surface area contributed by atoms with Crippen LogP contribution >= 0.6 is 15.9 Å². The molecule has 0 heterocycles. The molecule has 1 aliphatic rings. The number of methoxy groups -OCH3 is 1. The van der Waals surface area contributed by atoms with Crippen LogP contribution in [-0.2, 0) is 10.2 Å². The maximum Gasteiger partial charge on any atom is 0.253 e. The van der Waals surface area contributed by atoms with Crippen molar-refractivity contribution in [2.75, 3.05) is 26.5 Å². The van der Waals surface area contributed by atoms with E-state index in [9.17, 15) is 9.59 Å². The fraction of sp³-hybridized carbons (Fsp3) is 0.364. The van der Waals surface area contributed by atoms with Crippen molar-refractivity contribution < 1.29 is 14.3 Å². The molecule has 1 N–H and O–H groups in total. The molecule has 0 bridgehead atoms. The van der Waals surface area contributed by atoms with Crippen molar-refractivity contribution in [2.24, 2.45) is 0 Å². The van der Waals surface area contributed by atoms with Gasteiger partial charge in [-0.3, -0.25) is 9.59 Å². The maximum atomic E-state index is 13.4. The van der Waals surface area contributed by atoms with E-state index in [-0.39, 0.29) is 11.8 Å². The van der Waals surface area contributed by atoms with Crippen molar-refractivity contribution in [3.63, 3.8) is 0 Å². The van der Waals surface area contributed by atoms with Crippen LogP contribution in [0.1, 0.15) is 41.6 Å². The molecule has 0 saturated heterocycles. The van der Waals surface area contributed by atoms with Crippen LogP contribution in [0.2, 0.25) is 0 Å². The first-order chi connectivity index (χ1) is 13.4. The lowest BCUT2D eigenvalue weighted by Gasteiger charge is -2.29. The zero-order valence-corrected chi connectivity index (χ0v) is 18.0. The van der Waals surface area contributed by atoms with Crippen LogP contribution in [-0.4, -0.2) is 37.9 Å². The SMILES string of the molecule is COc1ccc(C(=O)N(C)C)cc1NC(=O)C1(c2ccc(Br)cc2)CCCC1. The van der Waals surface area contributed by atoms with Gasteiger partial charge in [0.25, 0.3) is 5.91 Å². The number of ether oxygens (including phenoxy) is 1. The average molecular weight is 445 g/mol. The summed E-state index contributed by atoms with van der Waals surface area (Å²) >= 11 is 3.46. The monoisotopic (exact) mass is 444 g/mol.